The summed E-state index contributed by atoms with van der Waals surface area (Å²) in [5.74, 6) is -0.00448. The maximum absolute atomic E-state index is 11.7. The summed E-state index contributed by atoms with van der Waals surface area (Å²) in [6.07, 6.45) is 8.70. The van der Waals surface area contributed by atoms with E-state index < -0.39 is 0 Å². The zero-order chi connectivity index (χ0) is 11.6. The molecule has 0 aromatic carbocycles. The molecule has 2 aliphatic carbocycles. The number of nitrogens with zero attached hydrogens (tertiary/aromatic N) is 1. The normalized spacial score (nSPS) is 24.4. The molecule has 0 heterocycles. The van der Waals surface area contributed by atoms with Gasteiger partial charge in [0.15, 0.2) is 0 Å². The van der Waals surface area contributed by atoms with E-state index in [0.29, 0.717) is 6.04 Å². The number of methoxy groups -OCH3 is 1. The molecule has 2 rings (SSSR count). The Bertz CT molecular complexity index is 255. The molecule has 0 N–H and O–H groups in total. The van der Waals surface area contributed by atoms with Crippen molar-refractivity contribution in [3.8, 4) is 0 Å². The van der Waals surface area contributed by atoms with E-state index in [-0.39, 0.29) is 11.4 Å². The molecule has 0 radical (unpaired) electrons. The summed E-state index contributed by atoms with van der Waals surface area (Å²) in [6.45, 7) is 0.893. The summed E-state index contributed by atoms with van der Waals surface area (Å²) in [5, 5.41) is 0. The molecule has 0 aliphatic heterocycles. The Morgan fingerprint density at radius 1 is 1.31 bits per heavy atom. The van der Waals surface area contributed by atoms with Crippen LogP contribution in [0, 0.1) is 5.41 Å². The summed E-state index contributed by atoms with van der Waals surface area (Å²) in [7, 11) is 3.67. The van der Waals surface area contributed by atoms with Crippen LogP contribution in [-0.4, -0.2) is 37.6 Å². The van der Waals surface area contributed by atoms with Crippen LogP contribution in [0.25, 0.3) is 0 Å². The quantitative estimate of drug-likeness (QED) is 0.687. The minimum atomic E-state index is -0.152. The first kappa shape index (κ1) is 11.9. The molecule has 0 aromatic heterocycles. The van der Waals surface area contributed by atoms with Crippen molar-refractivity contribution in [1.29, 1.82) is 0 Å². The second-order valence-corrected chi connectivity index (χ2v) is 5.48. The standard InChI is InChI=1S/C13H23NO2/c1-14(11-6-4-3-5-7-11)10-13(8-9-13)12(15)16-2/h11H,3-10H2,1-2H3. The summed E-state index contributed by atoms with van der Waals surface area (Å²) in [6, 6.07) is 0.691. The molecule has 2 aliphatic rings. The van der Waals surface area contributed by atoms with Crippen molar-refractivity contribution in [3.63, 3.8) is 0 Å². The van der Waals surface area contributed by atoms with Crippen LogP contribution in [0.5, 0.6) is 0 Å². The molecule has 0 unspecified atom stereocenters. The van der Waals surface area contributed by atoms with Gasteiger partial charge in [-0.2, -0.15) is 0 Å². The number of esters is 1. The first-order valence-electron chi connectivity index (χ1n) is 6.47. The number of carbonyl (C=O) groups excluding carboxylic acids is 1. The lowest BCUT2D eigenvalue weighted by Crippen LogP contribution is -2.40. The number of rotatable bonds is 4. The molecule has 0 saturated heterocycles. The molecule has 0 atom stereocenters. The molecule has 0 amide bonds. The lowest BCUT2D eigenvalue weighted by molar-refractivity contribution is -0.148. The van der Waals surface area contributed by atoms with Gasteiger partial charge in [-0.25, -0.2) is 0 Å². The molecule has 0 bridgehead atoms. The highest BCUT2D eigenvalue weighted by atomic mass is 16.5. The number of hydrogen-bond acceptors (Lipinski definition) is 3. The predicted octanol–water partition coefficient (Wildman–Crippen LogP) is 2.20. The number of hydrogen-bond donors (Lipinski definition) is 0. The van der Waals surface area contributed by atoms with Gasteiger partial charge in [0.2, 0.25) is 0 Å². The van der Waals surface area contributed by atoms with E-state index in [4.69, 9.17) is 4.74 Å². The van der Waals surface area contributed by atoms with Crippen LogP contribution in [-0.2, 0) is 9.53 Å². The lowest BCUT2D eigenvalue weighted by Gasteiger charge is -2.33. The van der Waals surface area contributed by atoms with Crippen molar-refractivity contribution >= 4 is 5.97 Å². The van der Waals surface area contributed by atoms with Crippen molar-refractivity contribution in [2.24, 2.45) is 5.41 Å². The molecular formula is C13H23NO2. The summed E-state index contributed by atoms with van der Waals surface area (Å²) in [5.41, 5.74) is -0.152. The average molecular weight is 225 g/mol. The van der Waals surface area contributed by atoms with Crippen LogP contribution < -0.4 is 0 Å². The summed E-state index contributed by atoms with van der Waals surface area (Å²) in [4.78, 5) is 14.1. The second kappa shape index (κ2) is 4.74. The molecule has 2 saturated carbocycles. The third-order valence-corrected chi connectivity index (χ3v) is 4.22. The molecule has 3 heteroatoms. The summed E-state index contributed by atoms with van der Waals surface area (Å²) >= 11 is 0. The highest BCUT2D eigenvalue weighted by Gasteiger charge is 2.52. The molecule has 16 heavy (non-hydrogen) atoms. The SMILES string of the molecule is COC(=O)C1(CN(C)C2CCCCC2)CC1. The van der Waals surface area contributed by atoms with E-state index in [1.807, 2.05) is 0 Å². The van der Waals surface area contributed by atoms with Crippen molar-refractivity contribution in [3.05, 3.63) is 0 Å². The Balaban J connectivity index is 1.86. The van der Waals surface area contributed by atoms with Gasteiger partial charge in [0, 0.05) is 12.6 Å². The maximum Gasteiger partial charge on any atom is 0.313 e. The third kappa shape index (κ3) is 2.40. The minimum Gasteiger partial charge on any atom is -0.469 e. The molecule has 92 valence electrons. The number of carbonyl (C=O) groups is 1. The van der Waals surface area contributed by atoms with Gasteiger partial charge in [0.05, 0.1) is 12.5 Å². The fourth-order valence-corrected chi connectivity index (χ4v) is 2.92. The Morgan fingerprint density at radius 3 is 2.44 bits per heavy atom. The largest absolute Gasteiger partial charge is 0.469 e. The minimum absolute atomic E-state index is 0.00448. The molecule has 3 nitrogen and oxygen atoms in total. The molecular weight excluding hydrogens is 202 g/mol. The Hall–Kier alpha value is -0.570. The van der Waals surface area contributed by atoms with Crippen LogP contribution in [0.3, 0.4) is 0 Å². The van der Waals surface area contributed by atoms with Crippen LogP contribution in [0.4, 0.5) is 0 Å². The molecule has 0 spiro atoms. The van der Waals surface area contributed by atoms with E-state index in [0.717, 1.165) is 19.4 Å². The van der Waals surface area contributed by atoms with Crippen molar-refractivity contribution in [1.82, 2.24) is 4.90 Å². The fourth-order valence-electron chi connectivity index (χ4n) is 2.92. The Labute approximate surface area is 98.1 Å². The fraction of sp³-hybridized carbons (Fsp3) is 0.923. The van der Waals surface area contributed by atoms with Gasteiger partial charge in [-0.3, -0.25) is 4.79 Å². The van der Waals surface area contributed by atoms with E-state index >= 15 is 0 Å². The van der Waals surface area contributed by atoms with E-state index in [1.165, 1.54) is 39.2 Å². The van der Waals surface area contributed by atoms with Crippen LogP contribution in [0.1, 0.15) is 44.9 Å². The van der Waals surface area contributed by atoms with Gasteiger partial charge in [0.1, 0.15) is 0 Å². The van der Waals surface area contributed by atoms with Crippen LogP contribution in [0.15, 0.2) is 0 Å². The Kier molecular flexibility index (Phi) is 3.53. The third-order valence-electron chi connectivity index (χ3n) is 4.22. The monoisotopic (exact) mass is 225 g/mol. The lowest BCUT2D eigenvalue weighted by atomic mass is 9.93. The summed E-state index contributed by atoms with van der Waals surface area (Å²) < 4.78 is 4.90. The highest BCUT2D eigenvalue weighted by molar-refractivity contribution is 5.80. The van der Waals surface area contributed by atoms with Crippen LogP contribution in [0.2, 0.25) is 0 Å². The van der Waals surface area contributed by atoms with E-state index in [9.17, 15) is 4.79 Å². The average Bonchev–Trinajstić information content (AvgIpc) is 3.10. The molecule has 0 aromatic rings. The van der Waals surface area contributed by atoms with Crippen LogP contribution >= 0.6 is 0 Å². The van der Waals surface area contributed by atoms with Gasteiger partial charge < -0.3 is 9.64 Å². The van der Waals surface area contributed by atoms with Gasteiger partial charge in [-0.1, -0.05) is 19.3 Å². The highest BCUT2D eigenvalue weighted by Crippen LogP contribution is 2.47. The number of ether oxygens (including phenoxy) is 1. The Morgan fingerprint density at radius 2 is 1.94 bits per heavy atom. The van der Waals surface area contributed by atoms with Gasteiger partial charge >= 0.3 is 5.97 Å². The first-order chi connectivity index (χ1) is 7.68. The van der Waals surface area contributed by atoms with Crippen molar-refractivity contribution in [2.75, 3.05) is 20.7 Å². The topological polar surface area (TPSA) is 29.5 Å². The van der Waals surface area contributed by atoms with Gasteiger partial charge in [0.25, 0.3) is 0 Å². The van der Waals surface area contributed by atoms with Crippen molar-refractivity contribution < 1.29 is 9.53 Å². The zero-order valence-corrected chi connectivity index (χ0v) is 10.5. The second-order valence-electron chi connectivity index (χ2n) is 5.48. The first-order valence-corrected chi connectivity index (χ1v) is 6.47. The van der Waals surface area contributed by atoms with Crippen molar-refractivity contribution in [2.45, 2.75) is 51.0 Å². The predicted molar refractivity (Wildman–Crippen MR) is 63.2 cm³/mol. The van der Waals surface area contributed by atoms with E-state index in [1.54, 1.807) is 0 Å². The van der Waals surface area contributed by atoms with Gasteiger partial charge in [-0.15, -0.1) is 0 Å². The zero-order valence-electron chi connectivity index (χ0n) is 10.5. The molecule has 2 fully saturated rings. The smallest absolute Gasteiger partial charge is 0.313 e. The van der Waals surface area contributed by atoms with E-state index in [2.05, 4.69) is 11.9 Å². The maximum atomic E-state index is 11.7. The van der Waals surface area contributed by atoms with Gasteiger partial charge in [-0.05, 0) is 32.7 Å².